The molecule has 1 N–H and O–H groups in total. The van der Waals surface area contributed by atoms with Gasteiger partial charge >= 0.3 is 6.09 Å². The summed E-state index contributed by atoms with van der Waals surface area (Å²) in [7, 11) is 0. The van der Waals surface area contributed by atoms with Gasteiger partial charge in [0.1, 0.15) is 16.2 Å². The predicted molar refractivity (Wildman–Crippen MR) is 113 cm³/mol. The van der Waals surface area contributed by atoms with Gasteiger partial charge in [-0.2, -0.15) is 0 Å². The first-order chi connectivity index (χ1) is 13.3. The second kappa shape index (κ2) is 7.75. The number of nitrogens with one attached hydrogen (secondary N) is 1. The van der Waals surface area contributed by atoms with E-state index in [0.29, 0.717) is 13.1 Å². The van der Waals surface area contributed by atoms with E-state index in [9.17, 15) is 13.7 Å². The van der Waals surface area contributed by atoms with Crippen molar-refractivity contribution in [2.45, 2.75) is 77.2 Å². The summed E-state index contributed by atoms with van der Waals surface area (Å²) >= 11 is -1.25. The summed E-state index contributed by atoms with van der Waals surface area (Å²) in [6.07, 6.45) is 1.93. The van der Waals surface area contributed by atoms with Gasteiger partial charge in [-0.3, -0.25) is 0 Å². The number of carbonyl (C=O) groups is 1. The van der Waals surface area contributed by atoms with Crippen molar-refractivity contribution in [2.75, 3.05) is 13.1 Å². The topological polar surface area (TPSA) is 64.6 Å². The number of halogens is 1. The molecule has 7 heteroatoms. The zero-order chi connectivity index (χ0) is 21.6. The summed E-state index contributed by atoms with van der Waals surface area (Å²) < 4.78 is 35.2. The Kier molecular flexibility index (Phi) is 5.98. The van der Waals surface area contributed by atoms with Crippen LogP contribution in [0.25, 0.3) is 0 Å². The summed E-state index contributed by atoms with van der Waals surface area (Å²) in [4.78, 5) is 14.2. The molecule has 2 aliphatic rings. The SMILES string of the molecule is CC(C)(C)OC(=O)N1CCC2(CC1)Cc1cc(F)ccc1C2N[S+]([O-])C(C)(C)C. The van der Waals surface area contributed by atoms with Gasteiger partial charge in [0.15, 0.2) is 0 Å². The molecule has 162 valence electrons. The van der Waals surface area contributed by atoms with Crippen LogP contribution in [0.2, 0.25) is 0 Å². The lowest BCUT2D eigenvalue weighted by Crippen LogP contribution is -2.51. The average molecular weight is 425 g/mol. The largest absolute Gasteiger partial charge is 0.598 e. The monoisotopic (exact) mass is 424 g/mol. The molecule has 3 rings (SSSR count). The molecule has 2 unspecified atom stereocenters. The number of piperidine rings is 1. The maximum atomic E-state index is 13.9. The van der Waals surface area contributed by atoms with Gasteiger partial charge in [-0.1, -0.05) is 6.07 Å². The minimum atomic E-state index is -1.25. The average Bonchev–Trinajstić information content (AvgIpc) is 2.85. The van der Waals surface area contributed by atoms with Gasteiger partial charge in [0.2, 0.25) is 0 Å². The number of amides is 1. The molecule has 29 heavy (non-hydrogen) atoms. The van der Waals surface area contributed by atoms with E-state index in [-0.39, 0.29) is 23.4 Å². The fraction of sp³-hybridized carbons (Fsp3) is 0.682. The summed E-state index contributed by atoms with van der Waals surface area (Å²) in [6.45, 7) is 12.6. The van der Waals surface area contributed by atoms with Gasteiger partial charge in [0.05, 0.1) is 6.04 Å². The highest BCUT2D eigenvalue weighted by atomic mass is 32.2. The van der Waals surface area contributed by atoms with Crippen molar-refractivity contribution in [3.63, 3.8) is 0 Å². The third-order valence-electron chi connectivity index (χ3n) is 5.76. The Labute approximate surface area is 176 Å². The molecule has 1 aromatic carbocycles. The number of ether oxygens (including phenoxy) is 1. The first-order valence-corrected chi connectivity index (χ1v) is 11.4. The van der Waals surface area contributed by atoms with Crippen LogP contribution in [0, 0.1) is 11.2 Å². The van der Waals surface area contributed by atoms with Crippen molar-refractivity contribution in [3.8, 4) is 0 Å². The molecule has 1 amide bonds. The molecule has 1 aliphatic heterocycles. The van der Waals surface area contributed by atoms with Crippen LogP contribution in [-0.2, 0) is 22.5 Å². The third kappa shape index (κ3) is 4.89. The standard InChI is InChI=1S/C22H33FN2O3S/c1-20(2,3)28-19(26)25-11-9-22(10-12-25)14-15-13-16(23)7-8-17(15)18(22)24-29(27)21(4,5)6/h7-8,13,18,24H,9-12,14H2,1-6H3. The minimum absolute atomic E-state index is 0.126. The highest BCUT2D eigenvalue weighted by Gasteiger charge is 2.51. The van der Waals surface area contributed by atoms with Gasteiger partial charge in [-0.15, -0.1) is 4.72 Å². The van der Waals surface area contributed by atoms with E-state index in [1.165, 1.54) is 6.07 Å². The number of rotatable bonds is 2. The van der Waals surface area contributed by atoms with Crippen molar-refractivity contribution < 1.29 is 18.5 Å². The van der Waals surface area contributed by atoms with Crippen molar-refractivity contribution in [1.29, 1.82) is 0 Å². The molecule has 1 heterocycles. The molecule has 1 aliphatic carbocycles. The number of nitrogens with zero attached hydrogens (tertiary/aromatic N) is 1. The van der Waals surface area contributed by atoms with Crippen LogP contribution in [0.4, 0.5) is 9.18 Å². The Balaban J connectivity index is 1.81. The molecular formula is C22H33FN2O3S. The van der Waals surface area contributed by atoms with E-state index in [0.717, 1.165) is 30.4 Å². The van der Waals surface area contributed by atoms with Crippen molar-refractivity contribution in [1.82, 2.24) is 9.62 Å². The van der Waals surface area contributed by atoms with Crippen LogP contribution < -0.4 is 4.72 Å². The van der Waals surface area contributed by atoms with E-state index < -0.39 is 21.7 Å². The van der Waals surface area contributed by atoms with Crippen LogP contribution in [0.1, 0.15) is 71.6 Å². The Bertz CT molecular complexity index is 764. The minimum Gasteiger partial charge on any atom is -0.598 e. The zero-order valence-corrected chi connectivity index (χ0v) is 19.1. The maximum Gasteiger partial charge on any atom is 0.410 e. The smallest absolute Gasteiger partial charge is 0.410 e. The number of likely N-dealkylation sites (tertiary alicyclic amines) is 1. The first kappa shape index (κ1) is 22.4. The second-order valence-corrected chi connectivity index (χ2v) is 12.3. The Morgan fingerprint density at radius 1 is 1.24 bits per heavy atom. The Morgan fingerprint density at radius 2 is 1.86 bits per heavy atom. The molecule has 0 bridgehead atoms. The van der Waals surface area contributed by atoms with Gasteiger partial charge < -0.3 is 14.2 Å². The molecule has 0 radical (unpaired) electrons. The summed E-state index contributed by atoms with van der Waals surface area (Å²) in [5, 5.41) is 0. The van der Waals surface area contributed by atoms with Gasteiger partial charge in [-0.25, -0.2) is 9.18 Å². The van der Waals surface area contributed by atoms with Gasteiger partial charge in [0.25, 0.3) is 0 Å². The van der Waals surface area contributed by atoms with Crippen molar-refractivity contribution in [2.24, 2.45) is 5.41 Å². The van der Waals surface area contributed by atoms with Crippen LogP contribution in [0.5, 0.6) is 0 Å². The highest BCUT2D eigenvalue weighted by Crippen LogP contribution is 2.52. The number of hydrogen-bond acceptors (Lipinski definition) is 4. The normalized spacial score (nSPS) is 22.5. The molecule has 1 saturated heterocycles. The van der Waals surface area contributed by atoms with Crippen LogP contribution >= 0.6 is 0 Å². The van der Waals surface area contributed by atoms with Gasteiger partial charge in [0, 0.05) is 29.9 Å². The van der Waals surface area contributed by atoms with Gasteiger partial charge in [-0.05, 0) is 84.1 Å². The van der Waals surface area contributed by atoms with Crippen LogP contribution in [-0.4, -0.2) is 39.0 Å². The number of carbonyl (C=O) groups excluding carboxylic acids is 1. The fourth-order valence-corrected chi connectivity index (χ4v) is 5.16. The molecule has 1 fully saturated rings. The fourth-order valence-electron chi connectivity index (χ4n) is 4.22. The Morgan fingerprint density at radius 3 is 2.41 bits per heavy atom. The Hall–Kier alpha value is -1.31. The molecule has 2 atom stereocenters. The predicted octanol–water partition coefficient (Wildman–Crippen LogP) is 4.49. The molecule has 0 saturated carbocycles. The molecular weight excluding hydrogens is 391 g/mol. The second-order valence-electron chi connectivity index (χ2n) is 10.3. The van der Waals surface area contributed by atoms with Crippen molar-refractivity contribution >= 4 is 17.5 Å². The maximum absolute atomic E-state index is 13.9. The van der Waals surface area contributed by atoms with Crippen LogP contribution in [0.15, 0.2) is 18.2 Å². The van der Waals surface area contributed by atoms with E-state index >= 15 is 0 Å². The molecule has 1 spiro atoms. The van der Waals surface area contributed by atoms with E-state index in [4.69, 9.17) is 4.74 Å². The lowest BCUT2D eigenvalue weighted by atomic mass is 9.73. The lowest BCUT2D eigenvalue weighted by Gasteiger charge is -2.43. The van der Waals surface area contributed by atoms with Crippen molar-refractivity contribution in [3.05, 3.63) is 35.1 Å². The van der Waals surface area contributed by atoms with E-state index in [1.54, 1.807) is 11.0 Å². The summed E-state index contributed by atoms with van der Waals surface area (Å²) in [5.74, 6) is -0.248. The van der Waals surface area contributed by atoms with Crippen LogP contribution in [0.3, 0.4) is 0 Å². The molecule has 0 aromatic heterocycles. The van der Waals surface area contributed by atoms with E-state index in [1.807, 2.05) is 47.6 Å². The number of fused-ring (bicyclic) bond motifs is 1. The molecule has 1 aromatic rings. The quantitative estimate of drug-likeness (QED) is 0.711. The summed E-state index contributed by atoms with van der Waals surface area (Å²) in [5.41, 5.74) is 1.28. The van der Waals surface area contributed by atoms with E-state index in [2.05, 4.69) is 4.72 Å². The number of benzene rings is 1. The summed E-state index contributed by atoms with van der Waals surface area (Å²) in [6, 6.07) is 4.76. The first-order valence-electron chi connectivity index (χ1n) is 10.3. The highest BCUT2D eigenvalue weighted by molar-refractivity contribution is 7.90. The zero-order valence-electron chi connectivity index (χ0n) is 18.3. The third-order valence-corrected chi connectivity index (χ3v) is 7.33. The molecule has 5 nitrogen and oxygen atoms in total. The number of hydrogen-bond donors (Lipinski definition) is 1. The lowest BCUT2D eigenvalue weighted by molar-refractivity contribution is 0.00716.